The van der Waals surface area contributed by atoms with Crippen LogP contribution in [0.5, 0.6) is 0 Å². The smallest absolute Gasteiger partial charge is 0.238 e. The topological polar surface area (TPSA) is 46.6 Å². The molecule has 5 heteroatoms. The molecular weight excluding hydrogens is 166 g/mol. The van der Waals surface area contributed by atoms with E-state index in [2.05, 4.69) is 0 Å². The number of ether oxygens (including phenoxy) is 1. The van der Waals surface area contributed by atoms with Crippen LogP contribution in [0.25, 0.3) is 0 Å². The zero-order valence-electron chi connectivity index (χ0n) is 6.78. The van der Waals surface area contributed by atoms with Gasteiger partial charge in [0.05, 0.1) is 6.10 Å². The second-order valence-corrected chi connectivity index (χ2v) is 4.84. The van der Waals surface area contributed by atoms with Crippen LogP contribution >= 0.6 is 0 Å². The van der Waals surface area contributed by atoms with Crippen molar-refractivity contribution in [2.24, 2.45) is 0 Å². The minimum Gasteiger partial charge on any atom is -0.361 e. The molecule has 0 aromatic heterocycles. The molecule has 1 saturated heterocycles. The summed E-state index contributed by atoms with van der Waals surface area (Å²) in [6, 6.07) is 0. The summed E-state index contributed by atoms with van der Waals surface area (Å²) >= 11 is 0. The van der Waals surface area contributed by atoms with Gasteiger partial charge >= 0.3 is 0 Å². The molecule has 0 aromatic rings. The maximum Gasteiger partial charge on any atom is 0.238 e. The van der Waals surface area contributed by atoms with Gasteiger partial charge in [-0.1, -0.05) is 0 Å². The van der Waals surface area contributed by atoms with Crippen molar-refractivity contribution in [3.05, 3.63) is 0 Å². The molecule has 4 nitrogen and oxygen atoms in total. The molecule has 0 aliphatic carbocycles. The van der Waals surface area contributed by atoms with Crippen molar-refractivity contribution in [2.45, 2.75) is 19.4 Å². The molecule has 1 aliphatic rings. The number of nitrogens with zero attached hydrogens (tertiary/aromatic N) is 1. The van der Waals surface area contributed by atoms with Gasteiger partial charge in [0.25, 0.3) is 0 Å². The van der Waals surface area contributed by atoms with Gasteiger partial charge in [0.2, 0.25) is 10.0 Å². The molecule has 1 aliphatic heterocycles. The van der Waals surface area contributed by atoms with E-state index in [-0.39, 0.29) is 12.0 Å². The molecular formula is C6H13NO3S. The fraction of sp³-hybridized carbons (Fsp3) is 1.00. The Bertz CT molecular complexity index is 224. The van der Waals surface area contributed by atoms with Gasteiger partial charge in [-0.25, -0.2) is 12.7 Å². The van der Waals surface area contributed by atoms with E-state index in [4.69, 9.17) is 4.74 Å². The fourth-order valence-electron chi connectivity index (χ4n) is 0.878. The lowest BCUT2D eigenvalue weighted by molar-refractivity contribution is 0.100. The molecule has 1 heterocycles. The summed E-state index contributed by atoms with van der Waals surface area (Å²) in [5.74, 6) is -0.176. The van der Waals surface area contributed by atoms with Crippen LogP contribution in [-0.2, 0) is 14.8 Å². The Labute approximate surface area is 67.2 Å². The number of hydrogen-bond donors (Lipinski definition) is 0. The number of rotatable bonds is 0. The average Bonchev–Trinajstić information content (AvgIpc) is 2.03. The summed E-state index contributed by atoms with van der Waals surface area (Å²) in [6.45, 7) is 2.44. The van der Waals surface area contributed by atoms with Crippen molar-refractivity contribution in [3.63, 3.8) is 0 Å². The van der Waals surface area contributed by atoms with Crippen LogP contribution in [0.1, 0.15) is 13.3 Å². The van der Waals surface area contributed by atoms with Crippen LogP contribution in [0.4, 0.5) is 0 Å². The largest absolute Gasteiger partial charge is 0.361 e. The second-order valence-electron chi connectivity index (χ2n) is 2.82. The highest BCUT2D eigenvalue weighted by Crippen LogP contribution is 2.10. The maximum atomic E-state index is 11.1. The first-order valence-electron chi connectivity index (χ1n) is 3.58. The number of hydrogen-bond acceptors (Lipinski definition) is 3. The van der Waals surface area contributed by atoms with E-state index in [1.807, 2.05) is 6.92 Å². The van der Waals surface area contributed by atoms with Crippen LogP contribution in [0.3, 0.4) is 0 Å². The van der Waals surface area contributed by atoms with Gasteiger partial charge in [-0.05, 0) is 13.3 Å². The Morgan fingerprint density at radius 1 is 1.55 bits per heavy atom. The Hall–Kier alpha value is -0.130. The molecule has 1 unspecified atom stereocenters. The third-order valence-corrected chi connectivity index (χ3v) is 3.39. The monoisotopic (exact) mass is 179 g/mol. The average molecular weight is 179 g/mol. The highest BCUT2D eigenvalue weighted by Gasteiger charge is 2.23. The van der Waals surface area contributed by atoms with Crippen LogP contribution in [0, 0.1) is 0 Å². The van der Waals surface area contributed by atoms with Crippen molar-refractivity contribution in [3.8, 4) is 0 Å². The first-order valence-corrected chi connectivity index (χ1v) is 5.19. The van der Waals surface area contributed by atoms with Gasteiger partial charge < -0.3 is 4.74 Å². The van der Waals surface area contributed by atoms with Crippen LogP contribution in [0.2, 0.25) is 0 Å². The highest BCUT2D eigenvalue weighted by atomic mass is 32.2. The summed E-state index contributed by atoms with van der Waals surface area (Å²) in [4.78, 5) is 0. The third kappa shape index (κ3) is 2.15. The molecule has 1 atom stereocenters. The lowest BCUT2D eigenvalue weighted by Gasteiger charge is -2.10. The molecule has 11 heavy (non-hydrogen) atoms. The van der Waals surface area contributed by atoms with Crippen molar-refractivity contribution in [1.29, 1.82) is 0 Å². The van der Waals surface area contributed by atoms with Gasteiger partial charge in [-0.15, -0.1) is 0 Å². The molecule has 0 radical (unpaired) electrons. The minimum absolute atomic E-state index is 0.0507. The Balaban J connectivity index is 2.72. The molecule has 0 saturated carbocycles. The van der Waals surface area contributed by atoms with E-state index in [0.717, 1.165) is 6.42 Å². The van der Waals surface area contributed by atoms with Crippen molar-refractivity contribution in [2.75, 3.05) is 19.5 Å². The van der Waals surface area contributed by atoms with E-state index in [1.54, 1.807) is 7.05 Å². The third-order valence-electron chi connectivity index (χ3n) is 1.83. The fourth-order valence-corrected chi connectivity index (χ4v) is 1.85. The second kappa shape index (κ2) is 3.08. The van der Waals surface area contributed by atoms with Gasteiger partial charge in [0, 0.05) is 13.6 Å². The number of sulfonamides is 1. The molecule has 1 fully saturated rings. The maximum absolute atomic E-state index is 11.1. The van der Waals surface area contributed by atoms with Crippen LogP contribution in [-0.4, -0.2) is 38.4 Å². The zero-order chi connectivity index (χ0) is 8.48. The molecule has 0 aromatic carbocycles. The summed E-state index contributed by atoms with van der Waals surface area (Å²) in [5, 5.41) is 0. The van der Waals surface area contributed by atoms with E-state index >= 15 is 0 Å². The van der Waals surface area contributed by atoms with Gasteiger partial charge in [0.15, 0.2) is 5.94 Å². The Morgan fingerprint density at radius 3 is 2.82 bits per heavy atom. The highest BCUT2D eigenvalue weighted by molar-refractivity contribution is 7.88. The Morgan fingerprint density at radius 2 is 2.18 bits per heavy atom. The van der Waals surface area contributed by atoms with Crippen molar-refractivity contribution >= 4 is 10.0 Å². The van der Waals surface area contributed by atoms with E-state index in [0.29, 0.717) is 6.54 Å². The lowest BCUT2D eigenvalue weighted by atomic mass is 10.3. The predicted molar refractivity (Wildman–Crippen MR) is 41.6 cm³/mol. The molecule has 0 spiro atoms. The molecule has 0 N–H and O–H groups in total. The van der Waals surface area contributed by atoms with Crippen LogP contribution < -0.4 is 0 Å². The van der Waals surface area contributed by atoms with E-state index in [9.17, 15) is 8.42 Å². The van der Waals surface area contributed by atoms with Crippen molar-refractivity contribution < 1.29 is 13.2 Å². The summed E-state index contributed by atoms with van der Waals surface area (Å²) in [5.41, 5.74) is 0. The van der Waals surface area contributed by atoms with Crippen LogP contribution in [0.15, 0.2) is 0 Å². The molecule has 66 valence electrons. The minimum atomic E-state index is -3.12. The quantitative estimate of drug-likeness (QED) is 0.526. The summed E-state index contributed by atoms with van der Waals surface area (Å²) in [7, 11) is -1.54. The normalized spacial score (nSPS) is 33.1. The standard InChI is InChI=1S/C6H13NO3S/c1-6-3-4-7(2)11(8,9)5-10-6/h6H,3-5H2,1-2H3. The zero-order valence-corrected chi connectivity index (χ0v) is 7.60. The van der Waals surface area contributed by atoms with Gasteiger partial charge in [-0.2, -0.15) is 0 Å². The summed E-state index contributed by atoms with van der Waals surface area (Å²) < 4.78 is 28.7. The Kier molecular flexibility index (Phi) is 2.51. The molecule has 0 amide bonds. The van der Waals surface area contributed by atoms with Crippen molar-refractivity contribution in [1.82, 2.24) is 4.31 Å². The lowest BCUT2D eigenvalue weighted by Crippen LogP contribution is -2.28. The molecule has 1 rings (SSSR count). The SMILES string of the molecule is CC1CCN(C)S(=O)(=O)CO1. The summed E-state index contributed by atoms with van der Waals surface area (Å²) in [6.07, 6.45) is 0.824. The van der Waals surface area contributed by atoms with Gasteiger partial charge in [-0.3, -0.25) is 0 Å². The van der Waals surface area contributed by atoms with E-state index < -0.39 is 10.0 Å². The first kappa shape index (κ1) is 8.96. The molecule has 0 bridgehead atoms. The van der Waals surface area contributed by atoms with Gasteiger partial charge in [0.1, 0.15) is 0 Å². The predicted octanol–water partition coefficient (Wildman–Crippen LogP) is 0.0143. The van der Waals surface area contributed by atoms with E-state index in [1.165, 1.54) is 4.31 Å². The first-order chi connectivity index (χ1) is 5.02.